The molecular weight excluding hydrogens is 438 g/mol. The number of para-hydroxylation sites is 1. The predicted octanol–water partition coefficient (Wildman–Crippen LogP) is 4.25. The Hall–Kier alpha value is 0.980. The maximum Gasteiger partial charge on any atom is 1.00 e. The van der Waals surface area contributed by atoms with Crippen LogP contribution in [0.4, 0.5) is 0 Å². The Morgan fingerprint density at radius 3 is 1.03 bits per heavy atom. The number of unbranched alkanes of at least 4 members (excludes halogenated alkanes) is 18. The van der Waals surface area contributed by atoms with Crippen LogP contribution < -0.4 is 59.1 Å². The van der Waals surface area contributed by atoms with E-state index in [0.29, 0.717) is 5.75 Å². The smallest absolute Gasteiger partial charge is 0.508 e. The van der Waals surface area contributed by atoms with Gasteiger partial charge in [0.15, 0.2) is 0 Å². The summed E-state index contributed by atoms with van der Waals surface area (Å²) in [6, 6.07) is 8.71. The minimum Gasteiger partial charge on any atom is -0.508 e. The first-order valence-corrected chi connectivity index (χ1v) is 14.1. The summed E-state index contributed by atoms with van der Waals surface area (Å²) in [6.45, 7) is 6.57. The molecule has 0 unspecified atom stereocenters. The summed E-state index contributed by atoms with van der Waals surface area (Å²) in [6.07, 6.45) is 28.2. The molecule has 2 nitrogen and oxygen atoms in total. The van der Waals surface area contributed by atoms with E-state index in [-0.39, 0.29) is 59.1 Å². The molecule has 1 aromatic carbocycles. The first-order valence-electron chi connectivity index (χ1n) is 14.1. The second kappa shape index (κ2) is 36.1. The fraction of sp³-hybridized carbons (Fsp3) is 0.800. The normalized spacial score (nSPS) is 10.1. The number of phenolic OH excluding ortho intramolecular Hbond substituents is 1. The van der Waals surface area contributed by atoms with Crippen molar-refractivity contribution >= 4 is 0 Å². The van der Waals surface area contributed by atoms with Gasteiger partial charge in [-0.25, -0.2) is 0 Å². The summed E-state index contributed by atoms with van der Waals surface area (Å²) in [5.41, 5.74) is 0. The van der Waals surface area contributed by atoms with Crippen LogP contribution in [0.2, 0.25) is 0 Å². The predicted molar refractivity (Wildman–Crippen MR) is 143 cm³/mol. The first kappa shape index (κ1) is 39.5. The van der Waals surface area contributed by atoms with Gasteiger partial charge in [0.1, 0.15) is 5.75 Å². The second-order valence-electron chi connectivity index (χ2n) is 9.31. The number of aromatic hydroxyl groups is 1. The van der Waals surface area contributed by atoms with Crippen molar-refractivity contribution in [2.75, 3.05) is 13.2 Å². The molecular formula is C30H56Na2O2+2. The quantitative estimate of drug-likeness (QED) is 0.193. The summed E-state index contributed by atoms with van der Waals surface area (Å²) in [5, 5.41) is 8.63. The third-order valence-electron chi connectivity index (χ3n) is 6.04. The maximum atomic E-state index is 8.63. The van der Waals surface area contributed by atoms with E-state index >= 15 is 0 Å². The van der Waals surface area contributed by atoms with Crippen LogP contribution in [0.15, 0.2) is 30.3 Å². The first-order chi connectivity index (χ1) is 15.8. The second-order valence-corrected chi connectivity index (χ2v) is 9.31. The maximum absolute atomic E-state index is 8.63. The number of benzene rings is 1. The summed E-state index contributed by atoms with van der Waals surface area (Å²) < 4.78 is 5.78. The summed E-state index contributed by atoms with van der Waals surface area (Å²) >= 11 is 0. The topological polar surface area (TPSA) is 29.5 Å². The molecule has 0 saturated heterocycles. The number of phenols is 1. The van der Waals surface area contributed by atoms with E-state index in [1.54, 1.807) is 24.3 Å². The van der Waals surface area contributed by atoms with Crippen LogP contribution in [0, 0.1) is 0 Å². The standard InChI is InChI=1S/C24H50O.C6H6O.2Na/c1-3-5-7-9-11-13-15-17-19-21-23-25-24-22-20-18-16-14-12-10-8-6-4-2;7-6-4-2-1-3-5-6;;/h3-24H2,1-2H3;1-5,7H;;/q;;2*+1. The Balaban J connectivity index is -0.000000907. The number of ether oxygens (including phenoxy) is 1. The van der Waals surface area contributed by atoms with Crippen molar-refractivity contribution in [2.24, 2.45) is 0 Å². The molecule has 0 bridgehead atoms. The molecule has 0 radical (unpaired) electrons. The van der Waals surface area contributed by atoms with Gasteiger partial charge in [0.25, 0.3) is 0 Å². The zero-order chi connectivity index (χ0) is 23.4. The van der Waals surface area contributed by atoms with Gasteiger partial charge in [-0.15, -0.1) is 0 Å². The molecule has 0 amide bonds. The molecule has 4 heteroatoms. The third kappa shape index (κ3) is 35.1. The minimum atomic E-state index is 0. The van der Waals surface area contributed by atoms with Crippen molar-refractivity contribution in [3.8, 4) is 5.75 Å². The molecule has 1 aromatic rings. The molecule has 0 spiro atoms. The van der Waals surface area contributed by atoms with Crippen LogP contribution in [0.25, 0.3) is 0 Å². The van der Waals surface area contributed by atoms with E-state index in [2.05, 4.69) is 13.8 Å². The Morgan fingerprint density at radius 1 is 0.471 bits per heavy atom. The van der Waals surface area contributed by atoms with Crippen molar-refractivity contribution in [3.63, 3.8) is 0 Å². The zero-order valence-electron chi connectivity index (χ0n) is 23.8. The molecule has 0 aromatic heterocycles. The molecule has 34 heavy (non-hydrogen) atoms. The van der Waals surface area contributed by atoms with Crippen molar-refractivity contribution in [1.82, 2.24) is 0 Å². The van der Waals surface area contributed by atoms with Gasteiger partial charge in [-0.1, -0.05) is 148 Å². The van der Waals surface area contributed by atoms with E-state index in [1.807, 2.05) is 6.07 Å². The van der Waals surface area contributed by atoms with Gasteiger partial charge in [0.2, 0.25) is 0 Å². The van der Waals surface area contributed by atoms with E-state index in [4.69, 9.17) is 9.84 Å². The van der Waals surface area contributed by atoms with Gasteiger partial charge in [-0.3, -0.25) is 0 Å². The summed E-state index contributed by atoms with van der Waals surface area (Å²) in [5.74, 6) is 0.322. The summed E-state index contributed by atoms with van der Waals surface area (Å²) in [4.78, 5) is 0. The fourth-order valence-corrected chi connectivity index (χ4v) is 3.91. The fourth-order valence-electron chi connectivity index (χ4n) is 3.91. The van der Waals surface area contributed by atoms with E-state index < -0.39 is 0 Å². The van der Waals surface area contributed by atoms with Gasteiger partial charge in [-0.2, -0.15) is 0 Å². The number of hydrogen-bond acceptors (Lipinski definition) is 2. The monoisotopic (exact) mass is 494 g/mol. The molecule has 0 saturated carbocycles. The molecule has 188 valence electrons. The Bertz CT molecular complexity index is 421. The third-order valence-corrected chi connectivity index (χ3v) is 6.04. The van der Waals surface area contributed by atoms with Crippen LogP contribution in [0.3, 0.4) is 0 Å². The average Bonchev–Trinajstić information content (AvgIpc) is 2.81. The van der Waals surface area contributed by atoms with Crippen LogP contribution in [-0.2, 0) is 4.74 Å². The van der Waals surface area contributed by atoms with E-state index in [0.717, 1.165) is 13.2 Å². The SMILES string of the molecule is CCCCCCCCCCCCOCCCCCCCCCCCC.Oc1ccccc1.[Na+].[Na+]. The molecule has 1 N–H and O–H groups in total. The van der Waals surface area contributed by atoms with E-state index in [1.165, 1.54) is 128 Å². The van der Waals surface area contributed by atoms with Crippen molar-refractivity contribution in [2.45, 2.75) is 142 Å². The van der Waals surface area contributed by atoms with Crippen molar-refractivity contribution in [1.29, 1.82) is 0 Å². The van der Waals surface area contributed by atoms with Crippen molar-refractivity contribution in [3.05, 3.63) is 30.3 Å². The zero-order valence-corrected chi connectivity index (χ0v) is 27.8. The molecule has 0 atom stereocenters. The molecule has 0 aliphatic rings. The molecule has 1 rings (SSSR count). The van der Waals surface area contributed by atoms with Gasteiger partial charge in [-0.05, 0) is 25.0 Å². The molecule has 0 aliphatic carbocycles. The molecule has 0 aliphatic heterocycles. The summed E-state index contributed by atoms with van der Waals surface area (Å²) in [7, 11) is 0. The van der Waals surface area contributed by atoms with Crippen LogP contribution >= 0.6 is 0 Å². The Morgan fingerprint density at radius 2 is 0.765 bits per heavy atom. The van der Waals surface area contributed by atoms with E-state index in [9.17, 15) is 0 Å². The van der Waals surface area contributed by atoms with Gasteiger partial charge < -0.3 is 9.84 Å². The van der Waals surface area contributed by atoms with Crippen LogP contribution in [0.5, 0.6) is 5.75 Å². The Labute approximate surface area is 258 Å². The molecule has 0 heterocycles. The van der Waals surface area contributed by atoms with Gasteiger partial charge >= 0.3 is 59.1 Å². The molecule has 0 fully saturated rings. The largest absolute Gasteiger partial charge is 1.00 e. The Kier molecular flexibility index (Phi) is 42.0. The average molecular weight is 495 g/mol. The van der Waals surface area contributed by atoms with Gasteiger partial charge in [0, 0.05) is 13.2 Å². The van der Waals surface area contributed by atoms with Crippen molar-refractivity contribution < 1.29 is 69.0 Å². The van der Waals surface area contributed by atoms with Gasteiger partial charge in [0.05, 0.1) is 0 Å². The minimum absolute atomic E-state index is 0. The number of hydrogen-bond donors (Lipinski definition) is 1. The van der Waals surface area contributed by atoms with Crippen LogP contribution in [-0.4, -0.2) is 18.3 Å². The van der Waals surface area contributed by atoms with Crippen LogP contribution in [0.1, 0.15) is 142 Å². The number of rotatable bonds is 22.